The third-order valence-electron chi connectivity index (χ3n) is 1.68. The van der Waals surface area contributed by atoms with Crippen LogP contribution in [-0.4, -0.2) is 10.8 Å². The Hall–Kier alpha value is -1.76. The fourth-order valence-corrected chi connectivity index (χ4v) is 0.966. The van der Waals surface area contributed by atoms with Crippen molar-refractivity contribution in [2.75, 3.05) is 5.32 Å². The molecule has 2 N–H and O–H groups in total. The summed E-state index contributed by atoms with van der Waals surface area (Å²) in [5.74, 6) is -1.09. The number of phenols is 1. The normalized spacial score (nSPS) is 10.7. The minimum atomic E-state index is -0.774. The van der Waals surface area contributed by atoms with Crippen LogP contribution in [0.5, 0.6) is 5.75 Å². The number of phenolic OH excluding ortho intramolecular Hbond substituents is 1. The molecule has 0 saturated heterocycles. The zero-order valence-electron chi connectivity index (χ0n) is 8.00. The Kier molecular flexibility index (Phi) is 2.61. The number of hydrogen-bond acceptors (Lipinski definition) is 2. The van der Waals surface area contributed by atoms with Crippen LogP contribution in [0.3, 0.4) is 0 Å². The summed E-state index contributed by atoms with van der Waals surface area (Å²) in [7, 11) is 0. The molecular weight excluding hydrogens is 183 g/mol. The van der Waals surface area contributed by atoms with Gasteiger partial charge in [-0.1, -0.05) is 0 Å². The molecule has 0 aliphatic carbocycles. The summed E-state index contributed by atoms with van der Waals surface area (Å²) in [6, 6.07) is 3.92. The second-order valence-electron chi connectivity index (χ2n) is 3.46. The Morgan fingerprint density at radius 1 is 1.50 bits per heavy atom. The third kappa shape index (κ3) is 2.36. The zero-order chi connectivity index (χ0) is 10.8. The van der Waals surface area contributed by atoms with Gasteiger partial charge in [0.2, 0.25) is 0 Å². The molecule has 0 bridgehead atoms. The summed E-state index contributed by atoms with van der Waals surface area (Å²) in [4.78, 5) is 3.32. The van der Waals surface area contributed by atoms with Crippen molar-refractivity contribution in [3.63, 3.8) is 0 Å². The summed E-state index contributed by atoms with van der Waals surface area (Å²) < 4.78 is 12.9. The van der Waals surface area contributed by atoms with Gasteiger partial charge in [0, 0.05) is 25.6 Å². The first-order valence-corrected chi connectivity index (χ1v) is 4.10. The van der Waals surface area contributed by atoms with Crippen LogP contribution >= 0.6 is 0 Å². The van der Waals surface area contributed by atoms with Crippen molar-refractivity contribution in [1.29, 1.82) is 0 Å². The second-order valence-corrected chi connectivity index (χ2v) is 3.46. The minimum Gasteiger partial charge on any atom is -0.505 e. The molecule has 0 fully saturated rings. The standard InChI is InChI=1S/C10H11FN2O/c1-10(2,12-3)13-7-4-5-9(14)8(11)6-7/h4-6,13-14H,1-2H3. The molecule has 1 rings (SSSR count). The van der Waals surface area contributed by atoms with Gasteiger partial charge in [-0.3, -0.25) is 4.85 Å². The van der Waals surface area contributed by atoms with Gasteiger partial charge in [0.1, 0.15) is 0 Å². The highest BCUT2D eigenvalue weighted by Crippen LogP contribution is 2.22. The van der Waals surface area contributed by atoms with E-state index in [2.05, 4.69) is 10.2 Å². The van der Waals surface area contributed by atoms with Crippen molar-refractivity contribution in [3.8, 4) is 5.75 Å². The van der Waals surface area contributed by atoms with Crippen molar-refractivity contribution >= 4 is 5.69 Å². The lowest BCUT2D eigenvalue weighted by atomic mass is 10.2. The van der Waals surface area contributed by atoms with Gasteiger partial charge in [-0.25, -0.2) is 11.0 Å². The fraction of sp³-hybridized carbons (Fsp3) is 0.300. The molecule has 0 atom stereocenters. The molecule has 4 heteroatoms. The van der Waals surface area contributed by atoms with Crippen LogP contribution in [0, 0.1) is 12.4 Å². The van der Waals surface area contributed by atoms with Crippen LogP contribution in [0.2, 0.25) is 0 Å². The van der Waals surface area contributed by atoms with Crippen molar-refractivity contribution in [2.45, 2.75) is 19.5 Å². The predicted octanol–water partition coefficient (Wildman–Crippen LogP) is 2.60. The smallest absolute Gasteiger partial charge is 0.299 e. The molecule has 0 heterocycles. The van der Waals surface area contributed by atoms with Gasteiger partial charge in [-0.2, -0.15) is 0 Å². The lowest BCUT2D eigenvalue weighted by Gasteiger charge is -2.14. The van der Waals surface area contributed by atoms with Crippen molar-refractivity contribution in [3.05, 3.63) is 35.4 Å². The zero-order valence-corrected chi connectivity index (χ0v) is 8.00. The number of nitrogens with zero attached hydrogens (tertiary/aromatic N) is 1. The summed E-state index contributed by atoms with van der Waals surface area (Å²) in [5.41, 5.74) is -0.301. The quantitative estimate of drug-likeness (QED) is 0.560. The van der Waals surface area contributed by atoms with Crippen molar-refractivity contribution in [2.24, 2.45) is 0 Å². The van der Waals surface area contributed by atoms with E-state index < -0.39 is 17.2 Å². The molecule has 0 radical (unpaired) electrons. The van der Waals surface area contributed by atoms with E-state index in [0.717, 1.165) is 6.07 Å². The molecular formula is C10H11FN2O. The molecule has 0 aliphatic heterocycles. The number of anilines is 1. The van der Waals surface area contributed by atoms with Gasteiger partial charge >= 0.3 is 0 Å². The maximum atomic E-state index is 12.9. The monoisotopic (exact) mass is 194 g/mol. The summed E-state index contributed by atoms with van der Waals surface area (Å²) in [6.45, 7) is 10.2. The maximum absolute atomic E-state index is 12.9. The number of hydrogen-bond donors (Lipinski definition) is 2. The highest BCUT2D eigenvalue weighted by atomic mass is 19.1. The first-order valence-electron chi connectivity index (χ1n) is 4.10. The lowest BCUT2D eigenvalue weighted by molar-refractivity contribution is 0.432. The van der Waals surface area contributed by atoms with Gasteiger partial charge in [0.25, 0.3) is 5.66 Å². The van der Waals surface area contributed by atoms with E-state index in [1.54, 1.807) is 13.8 Å². The molecule has 0 aliphatic rings. The molecule has 0 saturated carbocycles. The van der Waals surface area contributed by atoms with Gasteiger partial charge < -0.3 is 10.4 Å². The second kappa shape index (κ2) is 3.54. The number of rotatable bonds is 2. The SMILES string of the molecule is [C-]#[N+]C(C)(C)Nc1ccc(O)c(F)c1. The number of benzene rings is 1. The average molecular weight is 194 g/mol. The minimum absolute atomic E-state index is 0.392. The highest BCUT2D eigenvalue weighted by molar-refractivity contribution is 5.49. The summed E-state index contributed by atoms with van der Waals surface area (Å²) in [6.07, 6.45) is 0. The van der Waals surface area contributed by atoms with E-state index in [-0.39, 0.29) is 0 Å². The first-order chi connectivity index (χ1) is 6.44. The summed E-state index contributed by atoms with van der Waals surface area (Å²) >= 11 is 0. The van der Waals surface area contributed by atoms with Gasteiger partial charge in [-0.05, 0) is 12.1 Å². The van der Waals surface area contributed by atoms with Gasteiger partial charge in [0.05, 0.1) is 0 Å². The molecule has 0 spiro atoms. The molecule has 0 aromatic heterocycles. The van der Waals surface area contributed by atoms with Crippen LogP contribution in [0.1, 0.15) is 13.8 Å². The highest BCUT2D eigenvalue weighted by Gasteiger charge is 2.21. The fourth-order valence-electron chi connectivity index (χ4n) is 0.966. The van der Waals surface area contributed by atoms with Gasteiger partial charge in [0.15, 0.2) is 11.6 Å². The lowest BCUT2D eigenvalue weighted by Crippen LogP contribution is -2.25. The molecule has 3 nitrogen and oxygen atoms in total. The Morgan fingerprint density at radius 2 is 2.14 bits per heavy atom. The van der Waals surface area contributed by atoms with Gasteiger partial charge in [-0.15, -0.1) is 0 Å². The Bertz CT molecular complexity index is 382. The Morgan fingerprint density at radius 3 is 2.64 bits per heavy atom. The maximum Gasteiger partial charge on any atom is 0.299 e. The number of halogens is 1. The van der Waals surface area contributed by atoms with Crippen LogP contribution in [0.15, 0.2) is 18.2 Å². The van der Waals surface area contributed by atoms with Crippen molar-refractivity contribution in [1.82, 2.24) is 0 Å². The van der Waals surface area contributed by atoms with E-state index in [0.29, 0.717) is 5.69 Å². The number of nitrogens with one attached hydrogen (secondary N) is 1. The van der Waals surface area contributed by atoms with Crippen LogP contribution in [0.25, 0.3) is 4.85 Å². The topological polar surface area (TPSA) is 36.6 Å². The van der Waals surface area contributed by atoms with Crippen molar-refractivity contribution < 1.29 is 9.50 Å². The molecule has 14 heavy (non-hydrogen) atoms. The molecule has 0 amide bonds. The predicted molar refractivity (Wildman–Crippen MR) is 52.4 cm³/mol. The van der Waals surface area contributed by atoms with Crippen LogP contribution < -0.4 is 5.32 Å². The molecule has 1 aromatic rings. The molecule has 1 aromatic carbocycles. The van der Waals surface area contributed by atoms with E-state index in [9.17, 15) is 4.39 Å². The largest absolute Gasteiger partial charge is 0.505 e. The van der Waals surface area contributed by atoms with Crippen LogP contribution in [-0.2, 0) is 0 Å². The molecule has 74 valence electrons. The Balaban J connectivity index is 2.90. The van der Waals surface area contributed by atoms with E-state index in [1.807, 2.05) is 0 Å². The van der Waals surface area contributed by atoms with E-state index >= 15 is 0 Å². The average Bonchev–Trinajstić information content (AvgIpc) is 2.11. The van der Waals surface area contributed by atoms with E-state index in [4.69, 9.17) is 11.7 Å². The van der Waals surface area contributed by atoms with E-state index in [1.165, 1.54) is 12.1 Å². The first kappa shape index (κ1) is 10.3. The Labute approximate surface area is 82.0 Å². The molecule has 0 unspecified atom stereocenters. The third-order valence-corrected chi connectivity index (χ3v) is 1.68. The van der Waals surface area contributed by atoms with Crippen LogP contribution in [0.4, 0.5) is 10.1 Å². The summed E-state index contributed by atoms with van der Waals surface area (Å²) in [5, 5.41) is 11.8. The number of aromatic hydroxyl groups is 1.